The van der Waals surface area contributed by atoms with E-state index in [1.807, 2.05) is 30.3 Å². The van der Waals surface area contributed by atoms with Gasteiger partial charge in [-0.1, -0.05) is 28.1 Å². The van der Waals surface area contributed by atoms with Gasteiger partial charge in [-0.05, 0) is 23.8 Å². The standard InChI is InChI=1S/C17H11BrN2O3/c18-10-3-1-2-9(4-10)16-11-5-14-15(22-8-21-14)6-13(11)23-17(20)12(16)7-19/h1-6,16H,8,20H2/t16-/m0/s1. The largest absolute Gasteiger partial charge is 0.454 e. The fourth-order valence-corrected chi connectivity index (χ4v) is 3.29. The molecule has 0 fully saturated rings. The van der Waals surface area contributed by atoms with Gasteiger partial charge >= 0.3 is 0 Å². The number of nitrogens with zero attached hydrogens (tertiary/aromatic N) is 1. The van der Waals surface area contributed by atoms with Crippen LogP contribution in [0.4, 0.5) is 0 Å². The summed E-state index contributed by atoms with van der Waals surface area (Å²) in [4.78, 5) is 0. The van der Waals surface area contributed by atoms with Gasteiger partial charge in [0.1, 0.15) is 17.4 Å². The molecule has 6 heteroatoms. The molecule has 2 aromatic rings. The Labute approximate surface area is 141 Å². The van der Waals surface area contributed by atoms with Crippen molar-refractivity contribution in [2.45, 2.75) is 5.92 Å². The molecule has 0 saturated heterocycles. The molecule has 2 N–H and O–H groups in total. The van der Waals surface area contributed by atoms with Crippen molar-refractivity contribution in [1.29, 1.82) is 5.26 Å². The summed E-state index contributed by atoms with van der Waals surface area (Å²) in [5.41, 5.74) is 8.13. The molecule has 2 aromatic carbocycles. The maximum Gasteiger partial charge on any atom is 0.231 e. The van der Waals surface area contributed by atoms with Crippen molar-refractivity contribution >= 4 is 15.9 Å². The van der Waals surface area contributed by atoms with Crippen molar-refractivity contribution in [2.75, 3.05) is 6.79 Å². The van der Waals surface area contributed by atoms with Crippen molar-refractivity contribution in [3.63, 3.8) is 0 Å². The highest BCUT2D eigenvalue weighted by Gasteiger charge is 2.33. The van der Waals surface area contributed by atoms with E-state index in [1.54, 1.807) is 6.07 Å². The van der Waals surface area contributed by atoms with Crippen LogP contribution in [-0.4, -0.2) is 6.79 Å². The Morgan fingerprint density at radius 1 is 1.13 bits per heavy atom. The van der Waals surface area contributed by atoms with Crippen molar-refractivity contribution in [1.82, 2.24) is 0 Å². The number of hydrogen-bond donors (Lipinski definition) is 1. The van der Waals surface area contributed by atoms with Gasteiger partial charge in [0.05, 0.1) is 5.92 Å². The summed E-state index contributed by atoms with van der Waals surface area (Å²) >= 11 is 3.47. The van der Waals surface area contributed by atoms with Crippen LogP contribution in [0.25, 0.3) is 0 Å². The number of hydrogen-bond acceptors (Lipinski definition) is 5. The molecule has 0 amide bonds. The number of halogens is 1. The lowest BCUT2D eigenvalue weighted by Crippen LogP contribution is -2.21. The first-order valence-electron chi connectivity index (χ1n) is 6.94. The second-order valence-corrected chi connectivity index (χ2v) is 6.14. The van der Waals surface area contributed by atoms with Crippen molar-refractivity contribution in [3.8, 4) is 23.3 Å². The fraction of sp³-hybridized carbons (Fsp3) is 0.118. The summed E-state index contributed by atoms with van der Waals surface area (Å²) in [5.74, 6) is 1.64. The molecule has 0 spiro atoms. The van der Waals surface area contributed by atoms with Gasteiger partial charge in [-0.15, -0.1) is 0 Å². The highest BCUT2D eigenvalue weighted by atomic mass is 79.9. The van der Waals surface area contributed by atoms with Crippen LogP contribution in [0.5, 0.6) is 17.2 Å². The number of nitrogens with two attached hydrogens (primary N) is 1. The summed E-state index contributed by atoms with van der Waals surface area (Å²) in [6.45, 7) is 0.174. The summed E-state index contributed by atoms with van der Waals surface area (Å²) in [7, 11) is 0. The highest BCUT2D eigenvalue weighted by molar-refractivity contribution is 9.10. The van der Waals surface area contributed by atoms with Crippen LogP contribution in [0, 0.1) is 11.3 Å². The topological polar surface area (TPSA) is 77.5 Å². The number of ether oxygens (including phenoxy) is 3. The van der Waals surface area contributed by atoms with Crippen LogP contribution in [0.1, 0.15) is 17.0 Å². The predicted molar refractivity (Wildman–Crippen MR) is 86.0 cm³/mol. The number of rotatable bonds is 1. The lowest BCUT2D eigenvalue weighted by molar-refractivity contribution is 0.174. The first kappa shape index (κ1) is 14.0. The quantitative estimate of drug-likeness (QED) is 0.832. The SMILES string of the molecule is N#CC1=C(N)Oc2cc3c(cc2[C@@H]1c1cccc(Br)c1)OCO3. The van der Waals surface area contributed by atoms with Gasteiger partial charge in [-0.25, -0.2) is 0 Å². The minimum atomic E-state index is -0.309. The minimum Gasteiger partial charge on any atom is -0.454 e. The molecule has 114 valence electrons. The molecule has 1 atom stereocenters. The van der Waals surface area contributed by atoms with Crippen LogP contribution in [0.3, 0.4) is 0 Å². The van der Waals surface area contributed by atoms with Crippen LogP contribution >= 0.6 is 15.9 Å². The second kappa shape index (κ2) is 5.21. The van der Waals surface area contributed by atoms with Gasteiger partial charge in [-0.2, -0.15) is 5.26 Å². The van der Waals surface area contributed by atoms with E-state index in [4.69, 9.17) is 19.9 Å². The van der Waals surface area contributed by atoms with Crippen molar-refractivity contribution in [2.24, 2.45) is 5.73 Å². The monoisotopic (exact) mass is 370 g/mol. The molecule has 2 aliphatic heterocycles. The average Bonchev–Trinajstić information content (AvgIpc) is 2.98. The molecule has 0 aliphatic carbocycles. The van der Waals surface area contributed by atoms with E-state index in [2.05, 4.69) is 22.0 Å². The van der Waals surface area contributed by atoms with E-state index in [0.29, 0.717) is 22.8 Å². The molecule has 2 heterocycles. The van der Waals surface area contributed by atoms with Crippen molar-refractivity contribution < 1.29 is 14.2 Å². The Morgan fingerprint density at radius 3 is 2.65 bits per heavy atom. The van der Waals surface area contributed by atoms with Gasteiger partial charge in [0.25, 0.3) is 0 Å². The third-order valence-corrected chi connectivity index (χ3v) is 4.39. The normalized spacial score (nSPS) is 18.2. The molecule has 0 radical (unpaired) electrons. The van der Waals surface area contributed by atoms with E-state index in [0.717, 1.165) is 15.6 Å². The zero-order valence-corrected chi connectivity index (χ0v) is 13.5. The molecule has 23 heavy (non-hydrogen) atoms. The highest BCUT2D eigenvalue weighted by Crippen LogP contribution is 2.47. The maximum absolute atomic E-state index is 9.55. The van der Waals surface area contributed by atoms with Crippen LogP contribution in [0.2, 0.25) is 0 Å². The van der Waals surface area contributed by atoms with Gasteiger partial charge in [0.2, 0.25) is 12.7 Å². The van der Waals surface area contributed by atoms with Gasteiger partial charge in [0, 0.05) is 16.1 Å². The van der Waals surface area contributed by atoms with Crippen molar-refractivity contribution in [3.05, 3.63) is 63.5 Å². The summed E-state index contributed by atoms with van der Waals surface area (Å²) < 4.78 is 17.4. The zero-order valence-electron chi connectivity index (χ0n) is 11.9. The molecule has 0 unspecified atom stereocenters. The molecule has 2 aliphatic rings. The lowest BCUT2D eigenvalue weighted by Gasteiger charge is -2.26. The molecular formula is C17H11BrN2O3. The van der Waals surface area contributed by atoms with Crippen LogP contribution < -0.4 is 19.9 Å². The van der Waals surface area contributed by atoms with Gasteiger partial charge < -0.3 is 19.9 Å². The number of allylic oxidation sites excluding steroid dienone is 1. The fourth-order valence-electron chi connectivity index (χ4n) is 2.88. The second-order valence-electron chi connectivity index (χ2n) is 5.22. The third kappa shape index (κ3) is 2.21. The van der Waals surface area contributed by atoms with E-state index in [-0.39, 0.29) is 18.6 Å². The predicted octanol–water partition coefficient (Wildman–Crippen LogP) is 3.40. The van der Waals surface area contributed by atoms with E-state index < -0.39 is 0 Å². The van der Waals surface area contributed by atoms with Gasteiger partial charge in [-0.3, -0.25) is 0 Å². The lowest BCUT2D eigenvalue weighted by atomic mass is 9.83. The molecule has 4 rings (SSSR count). The summed E-state index contributed by atoms with van der Waals surface area (Å²) in [6.07, 6.45) is 0. The number of benzene rings is 2. The smallest absolute Gasteiger partial charge is 0.231 e. The average molecular weight is 371 g/mol. The number of fused-ring (bicyclic) bond motifs is 2. The first-order chi connectivity index (χ1) is 11.2. The van der Waals surface area contributed by atoms with E-state index >= 15 is 0 Å². The van der Waals surface area contributed by atoms with E-state index in [9.17, 15) is 5.26 Å². The zero-order chi connectivity index (χ0) is 16.0. The molecule has 0 saturated carbocycles. The maximum atomic E-state index is 9.55. The molecule has 0 aromatic heterocycles. The Balaban J connectivity index is 1.94. The van der Waals surface area contributed by atoms with Crippen LogP contribution in [-0.2, 0) is 0 Å². The molecule has 5 nitrogen and oxygen atoms in total. The molecule has 0 bridgehead atoms. The first-order valence-corrected chi connectivity index (χ1v) is 7.73. The Bertz CT molecular complexity index is 886. The Morgan fingerprint density at radius 2 is 1.91 bits per heavy atom. The van der Waals surface area contributed by atoms with Crippen LogP contribution in [0.15, 0.2) is 52.3 Å². The Hall–Kier alpha value is -2.65. The Kier molecular flexibility index (Phi) is 3.17. The van der Waals surface area contributed by atoms with E-state index in [1.165, 1.54) is 0 Å². The number of nitriles is 1. The molecular weight excluding hydrogens is 360 g/mol. The van der Waals surface area contributed by atoms with Gasteiger partial charge in [0.15, 0.2) is 11.5 Å². The summed E-state index contributed by atoms with van der Waals surface area (Å²) in [6, 6.07) is 13.6. The summed E-state index contributed by atoms with van der Waals surface area (Å²) in [5, 5.41) is 9.55. The third-order valence-electron chi connectivity index (χ3n) is 3.89. The minimum absolute atomic E-state index is 0.115.